The van der Waals surface area contributed by atoms with E-state index in [0.29, 0.717) is 0 Å². The molecule has 0 aliphatic heterocycles. The Morgan fingerprint density at radius 1 is 1.40 bits per heavy atom. The van der Waals surface area contributed by atoms with Crippen LogP contribution >= 0.6 is 15.9 Å². The zero-order chi connectivity index (χ0) is 6.97. The molecule has 0 aliphatic rings. The lowest BCUT2D eigenvalue weighted by Crippen LogP contribution is -1.79. The number of H-pyrrole nitrogens is 1. The lowest BCUT2D eigenvalue weighted by molar-refractivity contribution is 1.18. The molecule has 4 heteroatoms. The van der Waals surface area contributed by atoms with Crippen LogP contribution in [0.3, 0.4) is 0 Å². The van der Waals surface area contributed by atoms with Gasteiger partial charge in [-0.15, -0.1) is 0 Å². The van der Waals surface area contributed by atoms with Gasteiger partial charge in [0.05, 0.1) is 5.39 Å². The third-order valence-electron chi connectivity index (χ3n) is 1.31. The maximum Gasteiger partial charge on any atom is 0.141 e. The minimum absolute atomic E-state index is 0.832. The van der Waals surface area contributed by atoms with Crippen molar-refractivity contribution in [1.29, 1.82) is 0 Å². The molecule has 0 amide bonds. The van der Waals surface area contributed by atoms with Crippen LogP contribution in [0.15, 0.2) is 23.2 Å². The quantitative estimate of drug-likeness (QED) is 0.654. The molecule has 1 N–H and O–H groups in total. The highest BCUT2D eigenvalue weighted by Crippen LogP contribution is 2.17. The molecule has 0 unspecified atom stereocenters. The predicted octanol–water partition coefficient (Wildman–Crippen LogP) is 1.72. The van der Waals surface area contributed by atoms with Gasteiger partial charge in [-0.25, -0.2) is 9.97 Å². The van der Waals surface area contributed by atoms with Crippen molar-refractivity contribution < 1.29 is 0 Å². The highest BCUT2D eigenvalue weighted by molar-refractivity contribution is 9.10. The molecule has 0 fully saturated rings. The van der Waals surface area contributed by atoms with Gasteiger partial charge in [0.25, 0.3) is 0 Å². The van der Waals surface area contributed by atoms with Gasteiger partial charge in [-0.1, -0.05) is 0 Å². The zero-order valence-corrected chi connectivity index (χ0v) is 6.59. The number of fused-ring (bicyclic) bond motifs is 1. The summed E-state index contributed by atoms with van der Waals surface area (Å²) < 4.78 is 0.832. The summed E-state index contributed by atoms with van der Waals surface area (Å²) in [6, 6.07) is 1.93. The van der Waals surface area contributed by atoms with Crippen LogP contribution in [0.2, 0.25) is 0 Å². The van der Waals surface area contributed by atoms with Gasteiger partial charge in [-0.2, -0.15) is 0 Å². The molecule has 0 aliphatic carbocycles. The second kappa shape index (κ2) is 2.05. The van der Waals surface area contributed by atoms with E-state index in [4.69, 9.17) is 0 Å². The number of hydrogen-bond donors (Lipinski definition) is 1. The summed E-state index contributed by atoms with van der Waals surface area (Å²) in [4.78, 5) is 10.9. The highest BCUT2D eigenvalue weighted by Gasteiger charge is 1.98. The fourth-order valence-electron chi connectivity index (χ4n) is 0.841. The fourth-order valence-corrected chi connectivity index (χ4v) is 1.25. The van der Waals surface area contributed by atoms with Crippen molar-refractivity contribution in [2.75, 3.05) is 0 Å². The summed E-state index contributed by atoms with van der Waals surface area (Å²) in [6.07, 6.45) is 3.35. The average Bonchev–Trinajstić information content (AvgIpc) is 2.36. The van der Waals surface area contributed by atoms with Gasteiger partial charge >= 0.3 is 0 Å². The molecule has 2 aromatic rings. The first-order valence-electron chi connectivity index (χ1n) is 2.81. The second-order valence-corrected chi connectivity index (χ2v) is 2.66. The van der Waals surface area contributed by atoms with Crippen LogP contribution in [0.5, 0.6) is 0 Å². The SMILES string of the molecule is Brc1ncnc2[nH]ccc12. The number of rotatable bonds is 0. The summed E-state index contributed by atoms with van der Waals surface area (Å²) in [6.45, 7) is 0. The van der Waals surface area contributed by atoms with Crippen molar-refractivity contribution in [3.63, 3.8) is 0 Å². The first kappa shape index (κ1) is 5.85. The third-order valence-corrected chi connectivity index (χ3v) is 1.94. The molecule has 50 valence electrons. The summed E-state index contributed by atoms with van der Waals surface area (Å²) in [5, 5.41) is 1.02. The Hall–Kier alpha value is -0.900. The van der Waals surface area contributed by atoms with E-state index in [1.165, 1.54) is 6.33 Å². The Morgan fingerprint density at radius 2 is 2.30 bits per heavy atom. The zero-order valence-electron chi connectivity index (χ0n) is 5.00. The molecule has 10 heavy (non-hydrogen) atoms. The predicted molar refractivity (Wildman–Crippen MR) is 41.6 cm³/mol. The monoisotopic (exact) mass is 197 g/mol. The summed E-state index contributed by atoms with van der Waals surface area (Å²) in [5.74, 6) is 0. The van der Waals surface area contributed by atoms with Crippen LogP contribution in [0.25, 0.3) is 11.0 Å². The number of aromatic amines is 1. The lowest BCUT2D eigenvalue weighted by Gasteiger charge is -1.88. The molecular weight excluding hydrogens is 194 g/mol. The summed E-state index contributed by atoms with van der Waals surface area (Å²) in [5.41, 5.74) is 0.863. The van der Waals surface area contributed by atoms with Crippen LogP contribution in [-0.2, 0) is 0 Å². The molecular formula is C6H4BrN3. The van der Waals surface area contributed by atoms with Gasteiger partial charge in [0.15, 0.2) is 0 Å². The van der Waals surface area contributed by atoms with Gasteiger partial charge < -0.3 is 4.98 Å². The summed E-state index contributed by atoms with van der Waals surface area (Å²) >= 11 is 3.30. The van der Waals surface area contributed by atoms with Gasteiger partial charge in [0.1, 0.15) is 16.6 Å². The van der Waals surface area contributed by atoms with Crippen molar-refractivity contribution >= 4 is 27.0 Å². The largest absolute Gasteiger partial charge is 0.346 e. The van der Waals surface area contributed by atoms with E-state index in [1.54, 1.807) is 0 Å². The Balaban J connectivity index is 2.95. The van der Waals surface area contributed by atoms with Crippen LogP contribution in [0.1, 0.15) is 0 Å². The van der Waals surface area contributed by atoms with E-state index in [2.05, 4.69) is 30.9 Å². The molecule has 0 spiro atoms. The minimum atomic E-state index is 0.832. The average molecular weight is 198 g/mol. The van der Waals surface area contributed by atoms with Crippen LogP contribution < -0.4 is 0 Å². The Morgan fingerprint density at radius 3 is 3.10 bits per heavy atom. The van der Waals surface area contributed by atoms with Gasteiger partial charge in [0, 0.05) is 6.20 Å². The van der Waals surface area contributed by atoms with Crippen molar-refractivity contribution in [2.45, 2.75) is 0 Å². The molecule has 2 rings (SSSR count). The van der Waals surface area contributed by atoms with E-state index in [-0.39, 0.29) is 0 Å². The van der Waals surface area contributed by atoms with Crippen molar-refractivity contribution in [2.24, 2.45) is 0 Å². The third kappa shape index (κ3) is 0.724. The lowest BCUT2D eigenvalue weighted by atomic mass is 10.4. The topological polar surface area (TPSA) is 41.6 Å². The highest BCUT2D eigenvalue weighted by atomic mass is 79.9. The molecule has 0 saturated heterocycles. The standard InChI is InChI=1S/C6H4BrN3/c7-5-4-1-2-8-6(4)10-3-9-5/h1-3H,(H,8,9,10). The Labute approximate surface area is 65.6 Å². The second-order valence-electron chi connectivity index (χ2n) is 1.90. The minimum Gasteiger partial charge on any atom is -0.346 e. The number of nitrogens with zero attached hydrogens (tertiary/aromatic N) is 2. The Kier molecular flexibility index (Phi) is 1.20. The van der Waals surface area contributed by atoms with E-state index >= 15 is 0 Å². The van der Waals surface area contributed by atoms with Gasteiger partial charge in [0.2, 0.25) is 0 Å². The van der Waals surface area contributed by atoms with E-state index in [1.807, 2.05) is 12.3 Å². The maximum atomic E-state index is 4.01. The van der Waals surface area contributed by atoms with Gasteiger partial charge in [-0.3, -0.25) is 0 Å². The number of nitrogens with one attached hydrogen (secondary N) is 1. The summed E-state index contributed by atoms with van der Waals surface area (Å²) in [7, 11) is 0. The number of aromatic nitrogens is 3. The fraction of sp³-hybridized carbons (Fsp3) is 0. The van der Waals surface area contributed by atoms with Crippen molar-refractivity contribution in [1.82, 2.24) is 15.0 Å². The maximum absolute atomic E-state index is 4.01. The van der Waals surface area contributed by atoms with Crippen molar-refractivity contribution in [3.8, 4) is 0 Å². The first-order valence-corrected chi connectivity index (χ1v) is 3.61. The van der Waals surface area contributed by atoms with Crippen LogP contribution in [-0.4, -0.2) is 15.0 Å². The number of halogens is 1. The molecule has 2 aromatic heterocycles. The van der Waals surface area contributed by atoms with E-state index < -0.39 is 0 Å². The molecule has 2 heterocycles. The molecule has 0 radical (unpaired) electrons. The molecule has 0 bridgehead atoms. The number of hydrogen-bond acceptors (Lipinski definition) is 2. The van der Waals surface area contributed by atoms with E-state index in [9.17, 15) is 0 Å². The van der Waals surface area contributed by atoms with E-state index in [0.717, 1.165) is 15.6 Å². The molecule has 3 nitrogen and oxygen atoms in total. The van der Waals surface area contributed by atoms with Gasteiger partial charge in [-0.05, 0) is 22.0 Å². The molecule has 0 saturated carbocycles. The molecule has 0 atom stereocenters. The first-order chi connectivity index (χ1) is 4.88. The molecule has 0 aromatic carbocycles. The van der Waals surface area contributed by atoms with Crippen LogP contribution in [0, 0.1) is 0 Å². The Bertz CT molecular complexity index is 355. The van der Waals surface area contributed by atoms with Crippen molar-refractivity contribution in [3.05, 3.63) is 23.2 Å². The smallest absolute Gasteiger partial charge is 0.141 e. The van der Waals surface area contributed by atoms with Crippen LogP contribution in [0.4, 0.5) is 0 Å². The normalized spacial score (nSPS) is 10.5.